The summed E-state index contributed by atoms with van der Waals surface area (Å²) in [5.41, 5.74) is 0.325. The molecule has 1 heterocycles. The van der Waals surface area contributed by atoms with Crippen molar-refractivity contribution in [2.24, 2.45) is 5.41 Å². The van der Waals surface area contributed by atoms with Crippen LogP contribution in [0.5, 0.6) is 0 Å². The fourth-order valence-corrected chi connectivity index (χ4v) is 2.97. The fourth-order valence-electron chi connectivity index (χ4n) is 2.97. The molecule has 1 N–H and O–H groups in total. The summed E-state index contributed by atoms with van der Waals surface area (Å²) in [5, 5.41) is 3.60. The Balaban J connectivity index is 1.86. The zero-order chi connectivity index (χ0) is 13.6. The van der Waals surface area contributed by atoms with E-state index in [4.69, 9.17) is 9.47 Å². The van der Waals surface area contributed by atoms with Gasteiger partial charge in [-0.1, -0.05) is 6.92 Å². The highest BCUT2D eigenvalue weighted by Gasteiger charge is 2.39. The zero-order valence-corrected chi connectivity index (χ0v) is 12.6. The van der Waals surface area contributed by atoms with E-state index in [2.05, 4.69) is 17.1 Å². The molecule has 4 heteroatoms. The summed E-state index contributed by atoms with van der Waals surface area (Å²) in [6.07, 6.45) is 5.12. The van der Waals surface area contributed by atoms with Gasteiger partial charge in [0.25, 0.3) is 0 Å². The molecule has 0 amide bonds. The van der Waals surface area contributed by atoms with Crippen molar-refractivity contribution in [2.45, 2.75) is 38.6 Å². The molecule has 1 saturated heterocycles. The summed E-state index contributed by atoms with van der Waals surface area (Å²) >= 11 is 0. The Morgan fingerprint density at radius 2 is 2.26 bits per heavy atom. The lowest BCUT2D eigenvalue weighted by Gasteiger charge is -2.34. The zero-order valence-electron chi connectivity index (χ0n) is 12.6. The molecule has 0 aromatic rings. The van der Waals surface area contributed by atoms with Crippen molar-refractivity contribution in [3.8, 4) is 0 Å². The smallest absolute Gasteiger partial charge is 0.0589 e. The van der Waals surface area contributed by atoms with Crippen LogP contribution in [0.15, 0.2) is 0 Å². The number of rotatable bonds is 10. The summed E-state index contributed by atoms with van der Waals surface area (Å²) < 4.78 is 11.0. The predicted molar refractivity (Wildman–Crippen MR) is 77.5 cm³/mol. The third-order valence-corrected chi connectivity index (χ3v) is 4.30. The average molecular weight is 270 g/mol. The number of hydrogen-bond acceptors (Lipinski definition) is 4. The van der Waals surface area contributed by atoms with E-state index in [0.29, 0.717) is 5.41 Å². The Morgan fingerprint density at radius 1 is 1.42 bits per heavy atom. The lowest BCUT2D eigenvalue weighted by atomic mass is 9.86. The molecule has 0 aromatic heterocycles. The molecule has 1 atom stereocenters. The molecule has 2 rings (SSSR count). The fraction of sp³-hybridized carbons (Fsp3) is 1.00. The van der Waals surface area contributed by atoms with Crippen LogP contribution in [0.25, 0.3) is 0 Å². The van der Waals surface area contributed by atoms with Crippen molar-refractivity contribution in [1.29, 1.82) is 0 Å². The highest BCUT2D eigenvalue weighted by atomic mass is 16.5. The van der Waals surface area contributed by atoms with Crippen LogP contribution in [0.3, 0.4) is 0 Å². The lowest BCUT2D eigenvalue weighted by Crippen LogP contribution is -2.46. The number of nitrogens with one attached hydrogen (secondary N) is 1. The molecule has 0 radical (unpaired) electrons. The van der Waals surface area contributed by atoms with Crippen LogP contribution in [0.4, 0.5) is 0 Å². The monoisotopic (exact) mass is 270 g/mol. The van der Waals surface area contributed by atoms with Crippen LogP contribution in [-0.2, 0) is 9.47 Å². The van der Waals surface area contributed by atoms with Gasteiger partial charge in [-0.25, -0.2) is 0 Å². The normalized spacial score (nSPS) is 27.3. The topological polar surface area (TPSA) is 33.7 Å². The minimum Gasteiger partial charge on any atom is -0.383 e. The van der Waals surface area contributed by atoms with E-state index >= 15 is 0 Å². The van der Waals surface area contributed by atoms with Crippen molar-refractivity contribution in [3.05, 3.63) is 0 Å². The standard InChI is InChI=1S/C15H30N2O2/c1-3-7-16-11-15(6-9-19-13-15)12-17(8-10-18-2)14-4-5-14/h14,16H,3-13H2,1-2H3. The van der Waals surface area contributed by atoms with Crippen molar-refractivity contribution in [1.82, 2.24) is 10.2 Å². The van der Waals surface area contributed by atoms with Gasteiger partial charge in [0.05, 0.1) is 13.2 Å². The van der Waals surface area contributed by atoms with Gasteiger partial charge in [0.2, 0.25) is 0 Å². The van der Waals surface area contributed by atoms with Crippen LogP contribution < -0.4 is 5.32 Å². The van der Waals surface area contributed by atoms with Crippen molar-refractivity contribution < 1.29 is 9.47 Å². The van der Waals surface area contributed by atoms with Crippen molar-refractivity contribution in [2.75, 3.05) is 53.1 Å². The molecule has 1 aliphatic carbocycles. The van der Waals surface area contributed by atoms with E-state index in [1.807, 2.05) is 0 Å². The summed E-state index contributed by atoms with van der Waals surface area (Å²) in [4.78, 5) is 2.63. The molecule has 1 aliphatic heterocycles. The van der Waals surface area contributed by atoms with Gasteiger partial charge in [-0.3, -0.25) is 4.90 Å². The molecule has 1 unspecified atom stereocenters. The number of ether oxygens (including phenoxy) is 2. The molecule has 112 valence electrons. The second-order valence-electron chi connectivity index (χ2n) is 6.17. The highest BCUT2D eigenvalue weighted by molar-refractivity contribution is 4.93. The Labute approximate surface area is 117 Å². The third kappa shape index (κ3) is 4.71. The first-order valence-corrected chi connectivity index (χ1v) is 7.81. The molecule has 0 aromatic carbocycles. The van der Waals surface area contributed by atoms with E-state index in [9.17, 15) is 0 Å². The molecular weight excluding hydrogens is 240 g/mol. The van der Waals surface area contributed by atoms with Crippen LogP contribution in [0.1, 0.15) is 32.6 Å². The van der Waals surface area contributed by atoms with Gasteiger partial charge in [-0.05, 0) is 32.2 Å². The average Bonchev–Trinajstić information content (AvgIpc) is 3.16. The minimum absolute atomic E-state index is 0.325. The van der Waals surface area contributed by atoms with E-state index in [0.717, 1.165) is 52.0 Å². The molecule has 19 heavy (non-hydrogen) atoms. The van der Waals surface area contributed by atoms with Gasteiger partial charge < -0.3 is 14.8 Å². The molecule has 1 saturated carbocycles. The summed E-state index contributed by atoms with van der Waals surface area (Å²) in [7, 11) is 1.79. The minimum atomic E-state index is 0.325. The predicted octanol–water partition coefficient (Wildman–Crippen LogP) is 1.50. The van der Waals surface area contributed by atoms with E-state index in [-0.39, 0.29) is 0 Å². The van der Waals surface area contributed by atoms with Crippen LogP contribution in [0.2, 0.25) is 0 Å². The van der Waals surface area contributed by atoms with Crippen molar-refractivity contribution in [3.63, 3.8) is 0 Å². The van der Waals surface area contributed by atoms with Gasteiger partial charge in [0.15, 0.2) is 0 Å². The molecule has 0 spiro atoms. The maximum absolute atomic E-state index is 5.70. The van der Waals surface area contributed by atoms with Crippen LogP contribution in [-0.4, -0.2) is 64.1 Å². The van der Waals surface area contributed by atoms with E-state index in [1.54, 1.807) is 7.11 Å². The molecular formula is C15H30N2O2. The first kappa shape index (κ1) is 15.2. The van der Waals surface area contributed by atoms with Gasteiger partial charge in [0, 0.05) is 44.8 Å². The summed E-state index contributed by atoms with van der Waals surface area (Å²) in [6, 6.07) is 0.804. The maximum Gasteiger partial charge on any atom is 0.0589 e. The largest absolute Gasteiger partial charge is 0.383 e. The number of methoxy groups -OCH3 is 1. The Hall–Kier alpha value is -0.160. The van der Waals surface area contributed by atoms with Gasteiger partial charge in [-0.15, -0.1) is 0 Å². The molecule has 2 fully saturated rings. The number of hydrogen-bond donors (Lipinski definition) is 1. The lowest BCUT2D eigenvalue weighted by molar-refractivity contribution is 0.0829. The van der Waals surface area contributed by atoms with Gasteiger partial charge in [0.1, 0.15) is 0 Å². The van der Waals surface area contributed by atoms with Crippen molar-refractivity contribution >= 4 is 0 Å². The Kier molecular flexibility index (Phi) is 6.07. The summed E-state index contributed by atoms with van der Waals surface area (Å²) in [6.45, 7) is 9.35. The SMILES string of the molecule is CCCNCC1(CN(CCOC)C2CC2)CCOC1. The Bertz CT molecular complexity index is 251. The van der Waals surface area contributed by atoms with Gasteiger partial charge >= 0.3 is 0 Å². The second-order valence-corrected chi connectivity index (χ2v) is 6.17. The first-order chi connectivity index (χ1) is 9.29. The Morgan fingerprint density at radius 3 is 2.84 bits per heavy atom. The van der Waals surface area contributed by atoms with Crippen LogP contribution >= 0.6 is 0 Å². The maximum atomic E-state index is 5.70. The molecule has 0 bridgehead atoms. The quantitative estimate of drug-likeness (QED) is 0.610. The molecule has 2 aliphatic rings. The van der Waals surface area contributed by atoms with Crippen LogP contribution in [0, 0.1) is 5.41 Å². The second kappa shape index (κ2) is 7.58. The first-order valence-electron chi connectivity index (χ1n) is 7.81. The van der Waals surface area contributed by atoms with Gasteiger partial charge in [-0.2, -0.15) is 0 Å². The molecule has 4 nitrogen and oxygen atoms in total. The number of nitrogens with zero attached hydrogens (tertiary/aromatic N) is 1. The highest BCUT2D eigenvalue weighted by Crippen LogP contribution is 2.34. The van der Waals surface area contributed by atoms with E-state index < -0.39 is 0 Å². The van der Waals surface area contributed by atoms with E-state index in [1.165, 1.54) is 25.7 Å². The summed E-state index contributed by atoms with van der Waals surface area (Å²) in [5.74, 6) is 0. The third-order valence-electron chi connectivity index (χ3n) is 4.30.